The highest BCUT2D eigenvalue weighted by Gasteiger charge is 2.29. The molecule has 3 rings (SSSR count). The molecule has 0 aliphatic heterocycles. The molecule has 1 aliphatic carbocycles. The number of amides is 1. The molecule has 0 N–H and O–H groups in total. The number of rotatable bonds is 7. The first-order valence-electron chi connectivity index (χ1n) is 9.92. The van der Waals surface area contributed by atoms with Crippen molar-refractivity contribution in [2.45, 2.75) is 44.7 Å². The van der Waals surface area contributed by atoms with Gasteiger partial charge in [0.1, 0.15) is 11.6 Å². The van der Waals surface area contributed by atoms with Crippen LogP contribution in [0.15, 0.2) is 36.4 Å². The SMILES string of the molecule is COc1cc(OC)c(C(=O)N(Cc2ccc(F)cc2)C2CCCCC2)cc1OC. The zero-order valence-corrected chi connectivity index (χ0v) is 17.2. The Labute approximate surface area is 171 Å². The summed E-state index contributed by atoms with van der Waals surface area (Å²) in [5.41, 5.74) is 1.32. The summed E-state index contributed by atoms with van der Waals surface area (Å²) in [7, 11) is 4.61. The Kier molecular flexibility index (Phi) is 6.96. The summed E-state index contributed by atoms with van der Waals surface area (Å²) in [4.78, 5) is 15.5. The summed E-state index contributed by atoms with van der Waals surface area (Å²) in [6, 6.07) is 9.78. The quantitative estimate of drug-likeness (QED) is 0.667. The van der Waals surface area contributed by atoms with Crippen molar-refractivity contribution in [1.29, 1.82) is 0 Å². The number of carbonyl (C=O) groups excluding carboxylic acids is 1. The van der Waals surface area contributed by atoms with Gasteiger partial charge in [-0.3, -0.25) is 4.79 Å². The molecule has 1 fully saturated rings. The molecule has 29 heavy (non-hydrogen) atoms. The Morgan fingerprint density at radius 1 is 0.931 bits per heavy atom. The summed E-state index contributed by atoms with van der Waals surface area (Å²) in [5.74, 6) is 1.00. The summed E-state index contributed by atoms with van der Waals surface area (Å²) in [5, 5.41) is 0. The van der Waals surface area contributed by atoms with Crippen LogP contribution in [-0.2, 0) is 6.54 Å². The lowest BCUT2D eigenvalue weighted by atomic mass is 9.93. The van der Waals surface area contributed by atoms with E-state index in [0.29, 0.717) is 29.4 Å². The van der Waals surface area contributed by atoms with E-state index in [-0.39, 0.29) is 17.8 Å². The minimum atomic E-state index is -0.286. The molecule has 0 spiro atoms. The Bertz CT molecular complexity index is 832. The topological polar surface area (TPSA) is 48.0 Å². The molecule has 6 heteroatoms. The van der Waals surface area contributed by atoms with Gasteiger partial charge in [-0.05, 0) is 30.5 Å². The first-order valence-corrected chi connectivity index (χ1v) is 9.92. The fourth-order valence-corrected chi connectivity index (χ4v) is 3.90. The number of halogens is 1. The largest absolute Gasteiger partial charge is 0.496 e. The van der Waals surface area contributed by atoms with Gasteiger partial charge >= 0.3 is 0 Å². The van der Waals surface area contributed by atoms with Crippen LogP contribution in [0.25, 0.3) is 0 Å². The lowest BCUT2D eigenvalue weighted by Crippen LogP contribution is -2.41. The highest BCUT2D eigenvalue weighted by atomic mass is 19.1. The number of carbonyl (C=O) groups is 1. The molecule has 0 unspecified atom stereocenters. The minimum absolute atomic E-state index is 0.126. The highest BCUT2D eigenvalue weighted by Crippen LogP contribution is 2.36. The van der Waals surface area contributed by atoms with E-state index in [0.717, 1.165) is 31.2 Å². The Morgan fingerprint density at radius 2 is 1.52 bits per heavy atom. The molecule has 0 atom stereocenters. The number of benzene rings is 2. The molecule has 1 amide bonds. The van der Waals surface area contributed by atoms with Crippen LogP contribution in [0.4, 0.5) is 4.39 Å². The van der Waals surface area contributed by atoms with E-state index in [2.05, 4.69) is 0 Å². The predicted octanol–water partition coefficient (Wildman–Crippen LogP) is 4.83. The molecule has 1 saturated carbocycles. The Morgan fingerprint density at radius 3 is 2.10 bits per heavy atom. The molecule has 0 radical (unpaired) electrons. The average molecular weight is 401 g/mol. The molecular weight excluding hydrogens is 373 g/mol. The molecular formula is C23H28FNO4. The second-order valence-electron chi connectivity index (χ2n) is 7.26. The summed E-state index contributed by atoms with van der Waals surface area (Å²) < 4.78 is 29.5. The Hall–Kier alpha value is -2.76. The van der Waals surface area contributed by atoms with Crippen LogP contribution in [0.2, 0.25) is 0 Å². The van der Waals surface area contributed by atoms with Crippen molar-refractivity contribution in [3.05, 3.63) is 53.3 Å². The van der Waals surface area contributed by atoms with Gasteiger partial charge in [0.25, 0.3) is 5.91 Å². The maximum absolute atomic E-state index is 13.6. The van der Waals surface area contributed by atoms with Crippen molar-refractivity contribution in [2.75, 3.05) is 21.3 Å². The maximum Gasteiger partial charge on any atom is 0.258 e. The molecule has 5 nitrogen and oxygen atoms in total. The van der Waals surface area contributed by atoms with Gasteiger partial charge in [0, 0.05) is 24.7 Å². The molecule has 2 aromatic rings. The van der Waals surface area contributed by atoms with Crippen LogP contribution >= 0.6 is 0 Å². The maximum atomic E-state index is 13.6. The number of methoxy groups -OCH3 is 3. The van der Waals surface area contributed by atoms with Crippen LogP contribution < -0.4 is 14.2 Å². The van der Waals surface area contributed by atoms with Gasteiger partial charge in [-0.1, -0.05) is 31.4 Å². The van der Waals surface area contributed by atoms with E-state index in [4.69, 9.17) is 14.2 Å². The van der Waals surface area contributed by atoms with Gasteiger partial charge in [0.15, 0.2) is 11.5 Å². The predicted molar refractivity (Wildman–Crippen MR) is 109 cm³/mol. The summed E-state index contributed by atoms with van der Waals surface area (Å²) in [6.45, 7) is 0.418. The third-order valence-corrected chi connectivity index (χ3v) is 5.48. The van der Waals surface area contributed by atoms with Gasteiger partial charge < -0.3 is 19.1 Å². The minimum Gasteiger partial charge on any atom is -0.496 e. The van der Waals surface area contributed by atoms with Gasteiger partial charge in [-0.2, -0.15) is 0 Å². The van der Waals surface area contributed by atoms with Crippen LogP contribution in [0, 0.1) is 5.82 Å². The van der Waals surface area contributed by atoms with Crippen molar-refractivity contribution in [1.82, 2.24) is 4.90 Å². The summed E-state index contributed by atoms with van der Waals surface area (Å²) in [6.07, 6.45) is 5.31. The third kappa shape index (κ3) is 4.81. The van der Waals surface area contributed by atoms with E-state index in [1.165, 1.54) is 32.8 Å². The van der Waals surface area contributed by atoms with Crippen LogP contribution in [0.5, 0.6) is 17.2 Å². The average Bonchev–Trinajstić information content (AvgIpc) is 2.77. The van der Waals surface area contributed by atoms with E-state index in [1.807, 2.05) is 4.90 Å². The lowest BCUT2D eigenvalue weighted by molar-refractivity contribution is 0.0610. The first kappa shape index (κ1) is 21.0. The van der Waals surface area contributed by atoms with Crippen molar-refractivity contribution in [2.24, 2.45) is 0 Å². The first-order chi connectivity index (χ1) is 14.1. The van der Waals surface area contributed by atoms with Crippen LogP contribution in [-0.4, -0.2) is 38.2 Å². The number of hydrogen-bond acceptors (Lipinski definition) is 4. The standard InChI is InChI=1S/C23H28FNO4/c1-27-20-14-22(29-3)21(28-2)13-19(20)23(26)25(18-7-5-4-6-8-18)15-16-9-11-17(24)12-10-16/h9-14,18H,4-8,15H2,1-3H3. The smallest absolute Gasteiger partial charge is 0.258 e. The molecule has 0 aromatic heterocycles. The van der Waals surface area contributed by atoms with Crippen molar-refractivity contribution < 1.29 is 23.4 Å². The molecule has 0 bridgehead atoms. The Balaban J connectivity index is 1.98. The van der Waals surface area contributed by atoms with E-state index < -0.39 is 0 Å². The summed E-state index contributed by atoms with van der Waals surface area (Å²) >= 11 is 0. The zero-order chi connectivity index (χ0) is 20.8. The fourth-order valence-electron chi connectivity index (χ4n) is 3.90. The van der Waals surface area contributed by atoms with Gasteiger partial charge in [0.05, 0.1) is 26.9 Å². The van der Waals surface area contributed by atoms with E-state index in [9.17, 15) is 9.18 Å². The second kappa shape index (κ2) is 9.63. The molecule has 0 saturated heterocycles. The third-order valence-electron chi connectivity index (χ3n) is 5.48. The van der Waals surface area contributed by atoms with Crippen molar-refractivity contribution in [3.8, 4) is 17.2 Å². The van der Waals surface area contributed by atoms with Gasteiger partial charge in [0.2, 0.25) is 0 Å². The molecule has 1 aliphatic rings. The van der Waals surface area contributed by atoms with Crippen molar-refractivity contribution in [3.63, 3.8) is 0 Å². The van der Waals surface area contributed by atoms with Crippen LogP contribution in [0.3, 0.4) is 0 Å². The van der Waals surface area contributed by atoms with Crippen molar-refractivity contribution >= 4 is 5.91 Å². The van der Waals surface area contributed by atoms with E-state index >= 15 is 0 Å². The number of nitrogens with zero attached hydrogens (tertiary/aromatic N) is 1. The normalized spacial score (nSPS) is 14.3. The lowest BCUT2D eigenvalue weighted by Gasteiger charge is -2.35. The molecule has 156 valence electrons. The molecule has 0 heterocycles. The highest BCUT2D eigenvalue weighted by molar-refractivity contribution is 5.98. The van der Waals surface area contributed by atoms with E-state index in [1.54, 1.807) is 31.4 Å². The number of hydrogen-bond donors (Lipinski definition) is 0. The van der Waals surface area contributed by atoms with Crippen LogP contribution in [0.1, 0.15) is 48.0 Å². The zero-order valence-electron chi connectivity index (χ0n) is 17.2. The fraction of sp³-hybridized carbons (Fsp3) is 0.435. The second-order valence-corrected chi connectivity index (χ2v) is 7.26. The molecule has 2 aromatic carbocycles. The monoisotopic (exact) mass is 401 g/mol. The van der Waals surface area contributed by atoms with Gasteiger partial charge in [-0.25, -0.2) is 4.39 Å². The number of ether oxygens (including phenoxy) is 3. The van der Waals surface area contributed by atoms with Gasteiger partial charge in [-0.15, -0.1) is 0 Å².